The number of likely N-dealkylation sites (tertiary alicyclic amines) is 1. The molecule has 1 aromatic carbocycles. The summed E-state index contributed by atoms with van der Waals surface area (Å²) in [7, 11) is 0. The zero-order valence-electron chi connectivity index (χ0n) is 13.5. The SMILES string of the molecule is O=C(O[C@@H]1CCN(Cc2ccccc2)C1)c1sccc1-n1cnnn1. The number of ether oxygens (including phenoxy) is 1. The second kappa shape index (κ2) is 7.12. The van der Waals surface area contributed by atoms with Crippen molar-refractivity contribution >= 4 is 17.3 Å². The Morgan fingerprint density at radius 1 is 1.28 bits per heavy atom. The van der Waals surface area contributed by atoms with E-state index >= 15 is 0 Å². The number of rotatable bonds is 5. The molecule has 1 fully saturated rings. The van der Waals surface area contributed by atoms with E-state index < -0.39 is 0 Å². The third kappa shape index (κ3) is 3.59. The number of carbonyl (C=O) groups excluding carboxylic acids is 1. The van der Waals surface area contributed by atoms with Gasteiger partial charge in [0, 0.05) is 19.6 Å². The first-order valence-corrected chi connectivity index (χ1v) is 8.95. The number of esters is 1. The van der Waals surface area contributed by atoms with Crippen LogP contribution in [0.3, 0.4) is 0 Å². The van der Waals surface area contributed by atoms with E-state index in [1.165, 1.54) is 27.9 Å². The van der Waals surface area contributed by atoms with E-state index in [1.807, 2.05) is 29.6 Å². The maximum atomic E-state index is 12.5. The molecule has 0 amide bonds. The molecule has 1 saturated heterocycles. The van der Waals surface area contributed by atoms with Gasteiger partial charge >= 0.3 is 5.97 Å². The number of hydrogen-bond acceptors (Lipinski definition) is 7. The van der Waals surface area contributed by atoms with Gasteiger partial charge in [0.15, 0.2) is 0 Å². The lowest BCUT2D eigenvalue weighted by Crippen LogP contribution is -2.24. The summed E-state index contributed by atoms with van der Waals surface area (Å²) in [5.74, 6) is -0.313. The highest BCUT2D eigenvalue weighted by Gasteiger charge is 2.27. The van der Waals surface area contributed by atoms with Crippen LogP contribution in [0, 0.1) is 0 Å². The van der Waals surface area contributed by atoms with E-state index in [2.05, 4.69) is 32.6 Å². The van der Waals surface area contributed by atoms with Gasteiger partial charge in [-0.05, 0) is 33.9 Å². The van der Waals surface area contributed by atoms with Gasteiger partial charge in [-0.25, -0.2) is 4.79 Å². The number of benzene rings is 1. The van der Waals surface area contributed by atoms with Crippen LogP contribution in [0.5, 0.6) is 0 Å². The molecule has 3 aromatic rings. The quantitative estimate of drug-likeness (QED) is 0.653. The number of thiophene rings is 1. The third-order valence-corrected chi connectivity index (χ3v) is 5.06. The zero-order chi connectivity index (χ0) is 17.1. The van der Waals surface area contributed by atoms with Gasteiger partial charge in [-0.3, -0.25) is 4.90 Å². The number of tetrazole rings is 1. The number of nitrogens with zero attached hydrogens (tertiary/aromatic N) is 5. The number of carbonyl (C=O) groups is 1. The molecule has 25 heavy (non-hydrogen) atoms. The second-order valence-electron chi connectivity index (χ2n) is 5.93. The van der Waals surface area contributed by atoms with E-state index in [-0.39, 0.29) is 12.1 Å². The van der Waals surface area contributed by atoms with Crippen LogP contribution in [0.1, 0.15) is 21.7 Å². The van der Waals surface area contributed by atoms with Crippen LogP contribution in [0.2, 0.25) is 0 Å². The standard InChI is InChI=1S/C17H17N5O2S/c23-17(16-15(7-9-25-16)22-12-18-19-20-22)24-14-6-8-21(11-14)10-13-4-2-1-3-5-13/h1-5,7,9,12,14H,6,8,10-11H2/t14-/m1/s1. The fourth-order valence-electron chi connectivity index (χ4n) is 2.99. The molecule has 4 rings (SSSR count). The molecule has 0 bridgehead atoms. The predicted molar refractivity (Wildman–Crippen MR) is 92.6 cm³/mol. The Labute approximate surface area is 148 Å². The Morgan fingerprint density at radius 2 is 2.16 bits per heavy atom. The van der Waals surface area contributed by atoms with Gasteiger partial charge in [0.05, 0.1) is 5.69 Å². The Bertz CT molecular complexity index is 834. The first kappa shape index (κ1) is 15.9. The molecule has 1 atom stereocenters. The minimum atomic E-state index is -0.313. The Morgan fingerprint density at radius 3 is 2.96 bits per heavy atom. The van der Waals surface area contributed by atoms with Gasteiger partial charge < -0.3 is 4.74 Å². The largest absolute Gasteiger partial charge is 0.457 e. The summed E-state index contributed by atoms with van der Waals surface area (Å²) in [5, 5.41) is 12.9. The molecule has 7 nitrogen and oxygen atoms in total. The van der Waals surface area contributed by atoms with Crippen molar-refractivity contribution in [2.75, 3.05) is 13.1 Å². The van der Waals surface area contributed by atoms with Crippen molar-refractivity contribution in [1.82, 2.24) is 25.1 Å². The topological polar surface area (TPSA) is 73.1 Å². The smallest absolute Gasteiger partial charge is 0.350 e. The minimum absolute atomic E-state index is 0.0833. The van der Waals surface area contributed by atoms with Gasteiger partial charge in [0.2, 0.25) is 0 Å². The summed E-state index contributed by atoms with van der Waals surface area (Å²) in [5.41, 5.74) is 1.92. The number of hydrogen-bond donors (Lipinski definition) is 0. The van der Waals surface area contributed by atoms with Crippen LogP contribution < -0.4 is 0 Å². The molecule has 1 aliphatic rings. The van der Waals surface area contributed by atoms with Crippen molar-refractivity contribution in [3.8, 4) is 5.69 Å². The molecular weight excluding hydrogens is 338 g/mol. The molecular formula is C17H17N5O2S. The Balaban J connectivity index is 1.37. The summed E-state index contributed by atoms with van der Waals surface area (Å²) in [4.78, 5) is 15.4. The lowest BCUT2D eigenvalue weighted by Gasteiger charge is -2.16. The van der Waals surface area contributed by atoms with Crippen molar-refractivity contribution in [3.05, 3.63) is 58.5 Å². The zero-order valence-corrected chi connectivity index (χ0v) is 14.3. The lowest BCUT2D eigenvalue weighted by molar-refractivity contribution is 0.0326. The van der Waals surface area contributed by atoms with E-state index in [1.54, 1.807) is 0 Å². The van der Waals surface area contributed by atoms with E-state index in [9.17, 15) is 4.79 Å². The van der Waals surface area contributed by atoms with Gasteiger partial charge in [-0.1, -0.05) is 30.3 Å². The van der Waals surface area contributed by atoms with E-state index in [0.717, 1.165) is 26.1 Å². The maximum absolute atomic E-state index is 12.5. The van der Waals surface area contributed by atoms with Crippen LogP contribution in [0.4, 0.5) is 0 Å². The molecule has 3 heterocycles. The summed E-state index contributed by atoms with van der Waals surface area (Å²) in [6.45, 7) is 2.56. The van der Waals surface area contributed by atoms with Gasteiger partial charge in [-0.15, -0.1) is 16.4 Å². The van der Waals surface area contributed by atoms with Gasteiger partial charge in [0.25, 0.3) is 0 Å². The van der Waals surface area contributed by atoms with Crippen molar-refractivity contribution in [2.24, 2.45) is 0 Å². The molecule has 128 valence electrons. The molecule has 0 radical (unpaired) electrons. The molecule has 0 spiro atoms. The maximum Gasteiger partial charge on any atom is 0.350 e. The summed E-state index contributed by atoms with van der Waals surface area (Å²) in [6.07, 6.45) is 2.24. The highest BCUT2D eigenvalue weighted by atomic mass is 32.1. The van der Waals surface area contributed by atoms with E-state index in [4.69, 9.17) is 4.74 Å². The first-order valence-electron chi connectivity index (χ1n) is 8.08. The molecule has 0 unspecified atom stereocenters. The van der Waals surface area contributed by atoms with Crippen LogP contribution >= 0.6 is 11.3 Å². The molecule has 8 heteroatoms. The summed E-state index contributed by atoms with van der Waals surface area (Å²) in [6, 6.07) is 12.1. The molecule has 0 aliphatic carbocycles. The summed E-state index contributed by atoms with van der Waals surface area (Å²) < 4.78 is 7.19. The van der Waals surface area contributed by atoms with Crippen molar-refractivity contribution in [1.29, 1.82) is 0 Å². The molecule has 2 aromatic heterocycles. The Kier molecular flexibility index (Phi) is 4.53. The number of aromatic nitrogens is 4. The van der Waals surface area contributed by atoms with Gasteiger partial charge in [-0.2, -0.15) is 4.68 Å². The highest BCUT2D eigenvalue weighted by Crippen LogP contribution is 2.23. The fraction of sp³-hybridized carbons (Fsp3) is 0.294. The predicted octanol–water partition coefficient (Wildman–Crippen LogP) is 2.16. The Hall–Kier alpha value is -2.58. The fourth-order valence-corrected chi connectivity index (χ4v) is 3.75. The first-order chi connectivity index (χ1) is 12.3. The van der Waals surface area contributed by atoms with Crippen molar-refractivity contribution < 1.29 is 9.53 Å². The van der Waals surface area contributed by atoms with Gasteiger partial charge in [0.1, 0.15) is 17.3 Å². The second-order valence-corrected chi connectivity index (χ2v) is 6.84. The van der Waals surface area contributed by atoms with Crippen LogP contribution in [0.15, 0.2) is 48.1 Å². The van der Waals surface area contributed by atoms with Crippen molar-refractivity contribution in [3.63, 3.8) is 0 Å². The highest BCUT2D eigenvalue weighted by molar-refractivity contribution is 7.12. The monoisotopic (exact) mass is 355 g/mol. The van der Waals surface area contributed by atoms with E-state index in [0.29, 0.717) is 10.6 Å². The third-order valence-electron chi connectivity index (χ3n) is 4.18. The van der Waals surface area contributed by atoms with Crippen molar-refractivity contribution in [2.45, 2.75) is 19.1 Å². The van der Waals surface area contributed by atoms with Crippen LogP contribution in [0.25, 0.3) is 5.69 Å². The molecule has 1 aliphatic heterocycles. The minimum Gasteiger partial charge on any atom is -0.457 e. The molecule has 0 saturated carbocycles. The lowest BCUT2D eigenvalue weighted by atomic mass is 10.2. The average molecular weight is 355 g/mol. The normalized spacial score (nSPS) is 17.7. The van der Waals surface area contributed by atoms with Crippen LogP contribution in [-0.2, 0) is 11.3 Å². The summed E-state index contributed by atoms with van der Waals surface area (Å²) >= 11 is 1.34. The molecule has 0 N–H and O–H groups in total. The van der Waals surface area contributed by atoms with Crippen LogP contribution in [-0.4, -0.2) is 50.3 Å². The average Bonchev–Trinajstić information content (AvgIpc) is 3.37.